The quantitative estimate of drug-likeness (QED) is 0.492. The number of para-hydroxylation sites is 1. The number of unbranched alkanes of at least 4 members (excludes halogenated alkanes) is 1. The van der Waals surface area contributed by atoms with E-state index in [1.54, 1.807) is 38.1 Å². The standard InChI is InChI=1S/C25H26N2O6S/c1-5-6-12-34(30,31)33-25-23-19(10-11-26-25)27-15(3)21(16(4)28)22(23)18-9-7-8-17-20(29)13-14(2)32-24(17)18/h7-11,13,22,27H,5-6,12H2,1-4H3. The number of nitrogens with one attached hydrogen (secondary N) is 1. The first kappa shape index (κ1) is 23.7. The van der Waals surface area contributed by atoms with E-state index in [9.17, 15) is 18.0 Å². The van der Waals surface area contributed by atoms with Gasteiger partial charge in [0.15, 0.2) is 11.2 Å². The molecule has 3 aromatic rings. The molecule has 3 heterocycles. The Morgan fingerprint density at radius 3 is 2.71 bits per heavy atom. The summed E-state index contributed by atoms with van der Waals surface area (Å²) in [7, 11) is -3.91. The summed E-state index contributed by atoms with van der Waals surface area (Å²) >= 11 is 0. The molecule has 0 saturated carbocycles. The lowest BCUT2D eigenvalue weighted by atomic mass is 9.79. The number of rotatable bonds is 7. The number of fused-ring (bicyclic) bond motifs is 2. The molecular formula is C25H26N2O6S. The lowest BCUT2D eigenvalue weighted by molar-refractivity contribution is -0.113. The first-order valence-electron chi connectivity index (χ1n) is 11.1. The molecule has 0 spiro atoms. The van der Waals surface area contributed by atoms with Crippen LogP contribution in [0, 0.1) is 6.92 Å². The van der Waals surface area contributed by atoms with E-state index < -0.39 is 16.0 Å². The van der Waals surface area contributed by atoms with Crippen molar-refractivity contribution in [3.8, 4) is 5.88 Å². The van der Waals surface area contributed by atoms with Crippen LogP contribution in [0.4, 0.5) is 5.69 Å². The van der Waals surface area contributed by atoms with Crippen molar-refractivity contribution in [1.82, 2.24) is 4.98 Å². The van der Waals surface area contributed by atoms with Crippen LogP contribution >= 0.6 is 0 Å². The lowest BCUT2D eigenvalue weighted by Gasteiger charge is -2.31. The highest BCUT2D eigenvalue weighted by molar-refractivity contribution is 7.87. The van der Waals surface area contributed by atoms with Crippen molar-refractivity contribution in [2.45, 2.75) is 46.5 Å². The molecule has 0 bridgehead atoms. The number of carbonyl (C=O) groups is 1. The maximum atomic E-state index is 12.8. The number of benzene rings is 1. The summed E-state index contributed by atoms with van der Waals surface area (Å²) in [6.45, 7) is 6.79. The summed E-state index contributed by atoms with van der Waals surface area (Å²) in [5, 5.41) is 3.55. The summed E-state index contributed by atoms with van der Waals surface area (Å²) < 4.78 is 36.7. The van der Waals surface area contributed by atoms with E-state index in [-0.39, 0.29) is 22.8 Å². The molecule has 178 valence electrons. The molecule has 1 aliphatic rings. The Balaban J connectivity index is 2.01. The van der Waals surface area contributed by atoms with Crippen molar-refractivity contribution in [2.75, 3.05) is 11.1 Å². The highest BCUT2D eigenvalue weighted by atomic mass is 32.2. The molecule has 34 heavy (non-hydrogen) atoms. The molecular weight excluding hydrogens is 456 g/mol. The number of carbonyl (C=O) groups excluding carboxylic acids is 1. The number of ketones is 1. The number of anilines is 1. The molecule has 2 aromatic heterocycles. The van der Waals surface area contributed by atoms with Gasteiger partial charge in [0.2, 0.25) is 5.88 Å². The van der Waals surface area contributed by atoms with Crippen LogP contribution in [0.1, 0.15) is 56.4 Å². The van der Waals surface area contributed by atoms with Crippen LogP contribution < -0.4 is 14.9 Å². The van der Waals surface area contributed by atoms with Crippen molar-refractivity contribution in [1.29, 1.82) is 0 Å². The van der Waals surface area contributed by atoms with Gasteiger partial charge >= 0.3 is 10.1 Å². The first-order valence-corrected chi connectivity index (χ1v) is 12.6. The van der Waals surface area contributed by atoms with Gasteiger partial charge < -0.3 is 13.9 Å². The topological polar surface area (TPSA) is 116 Å². The van der Waals surface area contributed by atoms with Crippen LogP contribution in [0.15, 0.2) is 57.0 Å². The number of hydrogen-bond acceptors (Lipinski definition) is 8. The van der Waals surface area contributed by atoms with Gasteiger partial charge in [0.1, 0.15) is 11.3 Å². The fourth-order valence-corrected chi connectivity index (χ4v) is 5.44. The number of allylic oxidation sites excluding steroid dienone is 2. The van der Waals surface area contributed by atoms with Crippen molar-refractivity contribution >= 4 is 32.6 Å². The monoisotopic (exact) mass is 482 g/mol. The fraction of sp³-hybridized carbons (Fsp3) is 0.320. The van der Waals surface area contributed by atoms with Crippen LogP contribution in [-0.4, -0.2) is 24.9 Å². The maximum absolute atomic E-state index is 12.8. The second kappa shape index (κ2) is 9.06. The van der Waals surface area contributed by atoms with Crippen molar-refractivity contribution in [2.24, 2.45) is 0 Å². The fourth-order valence-electron chi connectivity index (χ4n) is 4.34. The highest BCUT2D eigenvalue weighted by Gasteiger charge is 2.36. The summed E-state index contributed by atoms with van der Waals surface area (Å²) in [4.78, 5) is 29.7. The van der Waals surface area contributed by atoms with Gasteiger partial charge in [-0.3, -0.25) is 9.59 Å². The van der Waals surface area contributed by atoms with E-state index >= 15 is 0 Å². The number of nitrogens with zero attached hydrogens (tertiary/aromatic N) is 1. The minimum absolute atomic E-state index is 0.107. The van der Waals surface area contributed by atoms with E-state index in [1.165, 1.54) is 19.2 Å². The minimum atomic E-state index is -3.91. The van der Waals surface area contributed by atoms with E-state index in [0.717, 1.165) is 0 Å². The molecule has 1 atom stereocenters. The third kappa shape index (κ3) is 4.35. The Labute approximate surface area is 197 Å². The predicted molar refractivity (Wildman–Crippen MR) is 130 cm³/mol. The van der Waals surface area contributed by atoms with Crippen molar-refractivity contribution < 1.29 is 21.8 Å². The molecule has 0 amide bonds. The molecule has 0 saturated heterocycles. The van der Waals surface area contributed by atoms with Gasteiger partial charge in [-0.2, -0.15) is 8.42 Å². The third-order valence-corrected chi connectivity index (χ3v) is 7.01. The second-order valence-corrected chi connectivity index (χ2v) is 10.1. The lowest BCUT2D eigenvalue weighted by Crippen LogP contribution is -2.24. The van der Waals surface area contributed by atoms with Crippen LogP contribution in [0.2, 0.25) is 0 Å². The molecule has 1 N–H and O–H groups in total. The minimum Gasteiger partial charge on any atom is -0.461 e. The number of aryl methyl sites for hydroxylation is 1. The highest BCUT2D eigenvalue weighted by Crippen LogP contribution is 2.47. The van der Waals surface area contributed by atoms with Gasteiger partial charge in [-0.05, 0) is 39.3 Å². The Kier molecular flexibility index (Phi) is 6.31. The van der Waals surface area contributed by atoms with Gasteiger partial charge in [0, 0.05) is 34.8 Å². The van der Waals surface area contributed by atoms with Crippen molar-refractivity contribution in [3.05, 3.63) is 74.9 Å². The molecule has 1 aromatic carbocycles. The van der Waals surface area contributed by atoms with Gasteiger partial charge in [-0.1, -0.05) is 25.5 Å². The van der Waals surface area contributed by atoms with Gasteiger partial charge in [0.25, 0.3) is 0 Å². The SMILES string of the molecule is CCCCS(=O)(=O)Oc1nccc2c1C(c1cccc3c(=O)cc(C)oc13)C(C(C)=O)=C(C)N2. The Morgan fingerprint density at radius 1 is 1.24 bits per heavy atom. The number of hydrogen-bond donors (Lipinski definition) is 1. The zero-order chi connectivity index (χ0) is 24.6. The zero-order valence-electron chi connectivity index (χ0n) is 19.5. The summed E-state index contributed by atoms with van der Waals surface area (Å²) in [5.74, 6) is -0.800. The molecule has 1 aliphatic heterocycles. The Bertz CT molecular complexity index is 1490. The number of Topliss-reactive ketones (excluding diaryl/α,β-unsaturated/α-hetero) is 1. The van der Waals surface area contributed by atoms with Gasteiger partial charge in [-0.25, -0.2) is 4.98 Å². The molecule has 4 rings (SSSR count). The normalized spacial score (nSPS) is 15.7. The number of pyridine rings is 1. The number of aromatic nitrogens is 1. The van der Waals surface area contributed by atoms with Crippen LogP contribution in [-0.2, 0) is 14.9 Å². The second-order valence-electron chi connectivity index (χ2n) is 8.37. The smallest absolute Gasteiger partial charge is 0.310 e. The van der Waals surface area contributed by atoms with Gasteiger partial charge in [0.05, 0.1) is 22.6 Å². The zero-order valence-corrected chi connectivity index (χ0v) is 20.3. The molecule has 1 unspecified atom stereocenters. The van der Waals surface area contributed by atoms with E-state index in [4.69, 9.17) is 8.60 Å². The summed E-state index contributed by atoms with van der Waals surface area (Å²) in [5.41, 5.74) is 2.67. The molecule has 0 fully saturated rings. The molecule has 0 aliphatic carbocycles. The average molecular weight is 483 g/mol. The Morgan fingerprint density at radius 2 is 2.00 bits per heavy atom. The maximum Gasteiger partial charge on any atom is 0.310 e. The first-order chi connectivity index (χ1) is 16.1. The third-order valence-electron chi connectivity index (χ3n) is 5.81. The van der Waals surface area contributed by atoms with Crippen LogP contribution in [0.25, 0.3) is 11.0 Å². The molecule has 9 heteroatoms. The van der Waals surface area contributed by atoms with Gasteiger partial charge in [-0.15, -0.1) is 0 Å². The summed E-state index contributed by atoms with van der Waals surface area (Å²) in [6, 6.07) is 8.25. The van der Waals surface area contributed by atoms with E-state index in [2.05, 4.69) is 10.3 Å². The Hall–Kier alpha value is -3.46. The van der Waals surface area contributed by atoms with E-state index in [0.29, 0.717) is 57.7 Å². The predicted octanol–water partition coefficient (Wildman–Crippen LogP) is 4.43. The average Bonchev–Trinajstić information content (AvgIpc) is 2.76. The van der Waals surface area contributed by atoms with E-state index in [1.807, 2.05) is 6.92 Å². The summed E-state index contributed by atoms with van der Waals surface area (Å²) in [6.07, 6.45) is 2.59. The molecule has 0 radical (unpaired) electrons. The van der Waals surface area contributed by atoms with Crippen molar-refractivity contribution in [3.63, 3.8) is 0 Å². The molecule has 8 nitrogen and oxygen atoms in total. The van der Waals surface area contributed by atoms with Crippen LogP contribution in [0.3, 0.4) is 0 Å². The largest absolute Gasteiger partial charge is 0.461 e. The van der Waals surface area contributed by atoms with Crippen LogP contribution in [0.5, 0.6) is 5.88 Å².